The average molecular weight is 356 g/mol. The van der Waals surface area contributed by atoms with Crippen LogP contribution in [0.1, 0.15) is 38.8 Å². The topological polar surface area (TPSA) is 52.6 Å². The molecule has 4 heteroatoms. The summed E-state index contributed by atoms with van der Waals surface area (Å²) < 4.78 is 9.78. The van der Waals surface area contributed by atoms with E-state index < -0.39 is 10.8 Å². The molecule has 4 nitrogen and oxygen atoms in total. The zero-order valence-corrected chi connectivity index (χ0v) is 16.5. The zero-order valence-electron chi connectivity index (χ0n) is 16.5. The van der Waals surface area contributed by atoms with E-state index in [1.165, 1.54) is 14.2 Å². The normalized spacial score (nSPS) is 12.1. The SMILES string of the molecule is COC(=O)C(C)(C)Cc1ccc2cc(CC(C)(C)C(=O)OC)ccc2c1. The molecule has 0 saturated carbocycles. The molecule has 0 unspecified atom stereocenters. The number of carbonyl (C=O) groups excluding carboxylic acids is 2. The first-order chi connectivity index (χ1) is 12.1. The molecular weight excluding hydrogens is 328 g/mol. The lowest BCUT2D eigenvalue weighted by molar-refractivity contribution is -0.151. The van der Waals surface area contributed by atoms with Gasteiger partial charge in [0.1, 0.15) is 0 Å². The number of benzene rings is 2. The molecule has 0 amide bonds. The standard InChI is InChI=1S/C22H28O4/c1-21(2,19(23)25-5)13-15-7-9-18-12-16(8-10-17(18)11-15)14-22(3,4)20(24)26-6/h7-12H,13-14H2,1-6H3. The lowest BCUT2D eigenvalue weighted by Gasteiger charge is -2.22. The molecule has 2 aromatic carbocycles. The number of fused-ring (bicyclic) bond motifs is 1. The van der Waals surface area contributed by atoms with Crippen LogP contribution in [-0.2, 0) is 31.9 Å². The van der Waals surface area contributed by atoms with Crippen LogP contribution in [0.5, 0.6) is 0 Å². The van der Waals surface area contributed by atoms with Crippen molar-refractivity contribution in [3.8, 4) is 0 Å². The summed E-state index contributed by atoms with van der Waals surface area (Å²) in [4.78, 5) is 23.8. The van der Waals surface area contributed by atoms with Gasteiger partial charge in [-0.05, 0) is 62.4 Å². The minimum atomic E-state index is -0.563. The molecular formula is C22H28O4. The van der Waals surface area contributed by atoms with Gasteiger partial charge in [-0.3, -0.25) is 9.59 Å². The quantitative estimate of drug-likeness (QED) is 0.723. The maximum absolute atomic E-state index is 11.9. The van der Waals surface area contributed by atoms with Gasteiger partial charge in [-0.2, -0.15) is 0 Å². The summed E-state index contributed by atoms with van der Waals surface area (Å²) in [5.74, 6) is -0.420. The molecule has 0 bridgehead atoms. The van der Waals surface area contributed by atoms with Crippen LogP contribution in [0.3, 0.4) is 0 Å². The fourth-order valence-electron chi connectivity index (χ4n) is 3.28. The second-order valence-corrected chi connectivity index (χ2v) is 8.12. The van der Waals surface area contributed by atoms with Crippen LogP contribution in [0, 0.1) is 10.8 Å². The molecule has 0 saturated heterocycles. The molecule has 0 heterocycles. The number of hydrogen-bond donors (Lipinski definition) is 0. The molecule has 0 aliphatic heterocycles. The number of carbonyl (C=O) groups is 2. The van der Waals surface area contributed by atoms with E-state index >= 15 is 0 Å². The van der Waals surface area contributed by atoms with Gasteiger partial charge in [0, 0.05) is 0 Å². The Labute approximate surface area is 155 Å². The predicted molar refractivity (Wildman–Crippen MR) is 103 cm³/mol. The van der Waals surface area contributed by atoms with E-state index in [9.17, 15) is 9.59 Å². The maximum atomic E-state index is 11.9. The van der Waals surface area contributed by atoms with Crippen molar-refractivity contribution in [3.05, 3.63) is 47.5 Å². The zero-order chi connectivity index (χ0) is 19.5. The molecule has 0 aromatic heterocycles. The maximum Gasteiger partial charge on any atom is 0.311 e. The molecule has 26 heavy (non-hydrogen) atoms. The molecule has 2 rings (SSSR count). The first-order valence-electron chi connectivity index (χ1n) is 8.77. The van der Waals surface area contributed by atoms with Crippen LogP contribution >= 0.6 is 0 Å². The number of hydrogen-bond acceptors (Lipinski definition) is 4. The molecule has 0 atom stereocenters. The van der Waals surface area contributed by atoms with Gasteiger partial charge in [0.25, 0.3) is 0 Å². The number of methoxy groups -OCH3 is 2. The molecule has 0 fully saturated rings. The van der Waals surface area contributed by atoms with Gasteiger partial charge in [-0.1, -0.05) is 36.4 Å². The number of esters is 2. The average Bonchev–Trinajstić information content (AvgIpc) is 2.59. The summed E-state index contributed by atoms with van der Waals surface area (Å²) in [6.45, 7) is 7.56. The van der Waals surface area contributed by atoms with Gasteiger partial charge < -0.3 is 9.47 Å². The Bertz CT molecular complexity index is 749. The van der Waals surface area contributed by atoms with E-state index in [-0.39, 0.29) is 11.9 Å². The summed E-state index contributed by atoms with van der Waals surface area (Å²) in [5, 5.41) is 2.23. The third-order valence-electron chi connectivity index (χ3n) is 4.74. The summed E-state index contributed by atoms with van der Waals surface area (Å²) in [6, 6.07) is 12.4. The molecule has 0 spiro atoms. The molecule has 0 N–H and O–H groups in total. The molecule has 2 aromatic rings. The molecule has 0 radical (unpaired) electrons. The van der Waals surface area contributed by atoms with Gasteiger partial charge in [0.15, 0.2) is 0 Å². The molecule has 140 valence electrons. The smallest absolute Gasteiger partial charge is 0.311 e. The highest BCUT2D eigenvalue weighted by molar-refractivity contribution is 5.84. The minimum absolute atomic E-state index is 0.210. The van der Waals surface area contributed by atoms with Gasteiger partial charge in [0.2, 0.25) is 0 Å². The Kier molecular flexibility index (Phi) is 5.74. The summed E-state index contributed by atoms with van der Waals surface area (Å²) in [5.41, 5.74) is 1.06. The molecule has 0 aliphatic rings. The van der Waals surface area contributed by atoms with Crippen LogP contribution in [0.25, 0.3) is 10.8 Å². The van der Waals surface area contributed by atoms with Gasteiger partial charge in [0.05, 0.1) is 25.0 Å². The van der Waals surface area contributed by atoms with Gasteiger partial charge >= 0.3 is 11.9 Å². The lowest BCUT2D eigenvalue weighted by atomic mass is 9.84. The number of ether oxygens (including phenoxy) is 2. The fraction of sp³-hybridized carbons (Fsp3) is 0.455. The number of rotatable bonds is 6. The highest BCUT2D eigenvalue weighted by Gasteiger charge is 2.30. The van der Waals surface area contributed by atoms with Crippen molar-refractivity contribution in [2.24, 2.45) is 10.8 Å². The molecule has 0 aliphatic carbocycles. The Balaban J connectivity index is 2.25. The van der Waals surface area contributed by atoms with Crippen molar-refractivity contribution < 1.29 is 19.1 Å². The Morgan fingerprint density at radius 1 is 0.731 bits per heavy atom. The van der Waals surface area contributed by atoms with Crippen LogP contribution in [0.4, 0.5) is 0 Å². The lowest BCUT2D eigenvalue weighted by Crippen LogP contribution is -2.28. The van der Waals surface area contributed by atoms with Crippen LogP contribution in [0.15, 0.2) is 36.4 Å². The van der Waals surface area contributed by atoms with E-state index in [4.69, 9.17) is 9.47 Å². The largest absolute Gasteiger partial charge is 0.469 e. The van der Waals surface area contributed by atoms with Crippen LogP contribution in [0.2, 0.25) is 0 Å². The summed E-state index contributed by atoms with van der Waals surface area (Å²) in [6.07, 6.45) is 1.24. The van der Waals surface area contributed by atoms with E-state index in [0.29, 0.717) is 12.8 Å². The van der Waals surface area contributed by atoms with E-state index in [0.717, 1.165) is 21.9 Å². The minimum Gasteiger partial charge on any atom is -0.469 e. The predicted octanol–water partition coefficient (Wildman–Crippen LogP) is 4.32. The van der Waals surface area contributed by atoms with Crippen LogP contribution < -0.4 is 0 Å². The van der Waals surface area contributed by atoms with Gasteiger partial charge in [-0.25, -0.2) is 0 Å². The van der Waals surface area contributed by atoms with E-state index in [1.54, 1.807) is 0 Å². The first-order valence-corrected chi connectivity index (χ1v) is 8.77. The Morgan fingerprint density at radius 3 is 1.38 bits per heavy atom. The summed E-state index contributed by atoms with van der Waals surface area (Å²) in [7, 11) is 2.84. The highest BCUT2D eigenvalue weighted by Crippen LogP contribution is 2.28. The van der Waals surface area contributed by atoms with Crippen molar-refractivity contribution in [1.82, 2.24) is 0 Å². The fourth-order valence-corrected chi connectivity index (χ4v) is 3.28. The van der Waals surface area contributed by atoms with Crippen molar-refractivity contribution in [2.75, 3.05) is 14.2 Å². The van der Waals surface area contributed by atoms with E-state index in [2.05, 4.69) is 24.3 Å². The van der Waals surface area contributed by atoms with Crippen molar-refractivity contribution in [1.29, 1.82) is 0 Å². The van der Waals surface area contributed by atoms with Crippen molar-refractivity contribution >= 4 is 22.7 Å². The third kappa shape index (κ3) is 4.43. The van der Waals surface area contributed by atoms with Crippen molar-refractivity contribution in [2.45, 2.75) is 40.5 Å². The third-order valence-corrected chi connectivity index (χ3v) is 4.74. The highest BCUT2D eigenvalue weighted by atomic mass is 16.5. The Hall–Kier alpha value is -2.36. The van der Waals surface area contributed by atoms with E-state index in [1.807, 2.05) is 39.8 Å². The second kappa shape index (κ2) is 7.48. The van der Waals surface area contributed by atoms with Crippen LogP contribution in [-0.4, -0.2) is 26.2 Å². The first kappa shape index (κ1) is 20.0. The monoisotopic (exact) mass is 356 g/mol. The second-order valence-electron chi connectivity index (χ2n) is 8.12. The summed E-state index contributed by atoms with van der Waals surface area (Å²) >= 11 is 0. The Morgan fingerprint density at radius 2 is 1.08 bits per heavy atom. The van der Waals surface area contributed by atoms with Crippen molar-refractivity contribution in [3.63, 3.8) is 0 Å². The van der Waals surface area contributed by atoms with Gasteiger partial charge in [-0.15, -0.1) is 0 Å².